The predicted octanol–water partition coefficient (Wildman–Crippen LogP) is 1.93. The van der Waals surface area contributed by atoms with E-state index in [0.717, 1.165) is 12.8 Å². The molecule has 0 aromatic heterocycles. The molecule has 1 aliphatic rings. The standard InChI is InChI=1S/C18H25N3O3/c1-18(2,3)17(24)21-14-8-6-13(7-9-14)16(23)20-11-10-19-15(22)12-4-5-12/h6-9,12H,4-5,10-11H2,1-3H3,(H,19,22)(H,20,23)(H,21,24). The van der Waals surface area contributed by atoms with Crippen LogP contribution in [0.2, 0.25) is 0 Å². The van der Waals surface area contributed by atoms with Gasteiger partial charge in [-0.3, -0.25) is 14.4 Å². The molecule has 1 fully saturated rings. The van der Waals surface area contributed by atoms with Crippen LogP contribution in [0.1, 0.15) is 44.0 Å². The van der Waals surface area contributed by atoms with Crippen molar-refractivity contribution < 1.29 is 14.4 Å². The number of nitrogens with one attached hydrogen (secondary N) is 3. The van der Waals surface area contributed by atoms with Gasteiger partial charge in [0.2, 0.25) is 11.8 Å². The lowest BCUT2D eigenvalue weighted by molar-refractivity contribution is -0.123. The van der Waals surface area contributed by atoms with Gasteiger partial charge in [-0.2, -0.15) is 0 Å². The van der Waals surface area contributed by atoms with E-state index in [1.165, 1.54) is 0 Å². The van der Waals surface area contributed by atoms with E-state index in [1.54, 1.807) is 24.3 Å². The highest BCUT2D eigenvalue weighted by atomic mass is 16.2. The lowest BCUT2D eigenvalue weighted by Gasteiger charge is -2.17. The number of carbonyl (C=O) groups is 3. The third-order valence-electron chi connectivity index (χ3n) is 3.74. The normalized spacial score (nSPS) is 14.0. The molecular formula is C18H25N3O3. The highest BCUT2D eigenvalue weighted by Crippen LogP contribution is 2.28. The maximum absolute atomic E-state index is 12.0. The van der Waals surface area contributed by atoms with Gasteiger partial charge in [-0.15, -0.1) is 0 Å². The Hall–Kier alpha value is -2.37. The maximum atomic E-state index is 12.0. The fourth-order valence-electron chi connectivity index (χ4n) is 1.98. The molecule has 0 spiro atoms. The second kappa shape index (κ2) is 7.47. The van der Waals surface area contributed by atoms with Crippen LogP contribution in [0.3, 0.4) is 0 Å². The van der Waals surface area contributed by atoms with Crippen molar-refractivity contribution in [2.45, 2.75) is 33.6 Å². The zero-order chi connectivity index (χ0) is 17.7. The summed E-state index contributed by atoms with van der Waals surface area (Å²) >= 11 is 0. The Morgan fingerprint density at radius 1 is 1.00 bits per heavy atom. The van der Waals surface area contributed by atoms with E-state index in [4.69, 9.17) is 0 Å². The molecule has 0 heterocycles. The first-order chi connectivity index (χ1) is 11.3. The summed E-state index contributed by atoms with van der Waals surface area (Å²) in [4.78, 5) is 35.4. The van der Waals surface area contributed by atoms with Gasteiger partial charge in [0, 0.05) is 35.7 Å². The van der Waals surface area contributed by atoms with Gasteiger partial charge in [-0.25, -0.2) is 0 Å². The molecule has 0 saturated heterocycles. The summed E-state index contributed by atoms with van der Waals surface area (Å²) in [6, 6.07) is 6.73. The van der Waals surface area contributed by atoms with Crippen molar-refractivity contribution >= 4 is 23.4 Å². The topological polar surface area (TPSA) is 87.3 Å². The fraction of sp³-hybridized carbons (Fsp3) is 0.500. The van der Waals surface area contributed by atoms with Crippen LogP contribution in [0.25, 0.3) is 0 Å². The number of anilines is 1. The Morgan fingerprint density at radius 3 is 2.12 bits per heavy atom. The van der Waals surface area contributed by atoms with Crippen molar-refractivity contribution in [1.82, 2.24) is 10.6 Å². The zero-order valence-corrected chi connectivity index (χ0v) is 14.4. The molecule has 1 aliphatic carbocycles. The molecule has 0 bridgehead atoms. The molecule has 6 heteroatoms. The zero-order valence-electron chi connectivity index (χ0n) is 14.4. The van der Waals surface area contributed by atoms with Crippen molar-refractivity contribution in [2.75, 3.05) is 18.4 Å². The number of benzene rings is 1. The van der Waals surface area contributed by atoms with Gasteiger partial charge < -0.3 is 16.0 Å². The summed E-state index contributed by atoms with van der Waals surface area (Å²) in [7, 11) is 0. The minimum Gasteiger partial charge on any atom is -0.354 e. The summed E-state index contributed by atoms with van der Waals surface area (Å²) in [5, 5.41) is 8.36. The summed E-state index contributed by atoms with van der Waals surface area (Å²) in [6.45, 7) is 6.34. The first-order valence-electron chi connectivity index (χ1n) is 8.25. The second-order valence-corrected chi connectivity index (χ2v) is 7.10. The average molecular weight is 331 g/mol. The van der Waals surface area contributed by atoms with Crippen molar-refractivity contribution in [3.8, 4) is 0 Å². The van der Waals surface area contributed by atoms with E-state index in [9.17, 15) is 14.4 Å². The van der Waals surface area contributed by atoms with Crippen LogP contribution in [0.4, 0.5) is 5.69 Å². The number of rotatable bonds is 6. The number of hydrogen-bond acceptors (Lipinski definition) is 3. The highest BCUT2D eigenvalue weighted by Gasteiger charge is 2.29. The molecule has 0 atom stereocenters. The first-order valence-corrected chi connectivity index (χ1v) is 8.25. The van der Waals surface area contributed by atoms with Gasteiger partial charge in [-0.1, -0.05) is 20.8 Å². The number of hydrogen-bond donors (Lipinski definition) is 3. The van der Waals surface area contributed by atoms with Crippen LogP contribution in [-0.4, -0.2) is 30.8 Å². The molecule has 1 aromatic carbocycles. The smallest absolute Gasteiger partial charge is 0.251 e. The number of carbonyl (C=O) groups excluding carboxylic acids is 3. The van der Waals surface area contributed by atoms with Crippen molar-refractivity contribution in [1.29, 1.82) is 0 Å². The molecule has 0 aliphatic heterocycles. The quantitative estimate of drug-likeness (QED) is 0.696. The molecule has 24 heavy (non-hydrogen) atoms. The minimum absolute atomic E-state index is 0.0724. The van der Waals surface area contributed by atoms with E-state index in [-0.39, 0.29) is 23.6 Å². The van der Waals surface area contributed by atoms with Gasteiger partial charge in [0.25, 0.3) is 5.91 Å². The van der Waals surface area contributed by atoms with Crippen molar-refractivity contribution in [3.05, 3.63) is 29.8 Å². The first kappa shape index (κ1) is 18.0. The Balaban J connectivity index is 1.76. The average Bonchev–Trinajstić information content (AvgIpc) is 3.35. The molecule has 1 aromatic rings. The van der Waals surface area contributed by atoms with Crippen LogP contribution >= 0.6 is 0 Å². The van der Waals surface area contributed by atoms with Crippen LogP contribution in [0.15, 0.2) is 24.3 Å². The van der Waals surface area contributed by atoms with Gasteiger partial charge in [0.15, 0.2) is 0 Å². The maximum Gasteiger partial charge on any atom is 0.251 e. The van der Waals surface area contributed by atoms with Crippen LogP contribution < -0.4 is 16.0 Å². The second-order valence-electron chi connectivity index (χ2n) is 7.10. The van der Waals surface area contributed by atoms with E-state index < -0.39 is 5.41 Å². The summed E-state index contributed by atoms with van der Waals surface area (Å²) < 4.78 is 0. The Bertz CT molecular complexity index is 613. The van der Waals surface area contributed by atoms with Crippen LogP contribution in [-0.2, 0) is 9.59 Å². The minimum atomic E-state index is -0.471. The molecule has 0 radical (unpaired) electrons. The fourth-order valence-corrected chi connectivity index (χ4v) is 1.98. The lowest BCUT2D eigenvalue weighted by Crippen LogP contribution is -2.35. The van der Waals surface area contributed by atoms with Gasteiger partial charge in [0.05, 0.1) is 0 Å². The van der Waals surface area contributed by atoms with E-state index in [1.807, 2.05) is 20.8 Å². The third-order valence-corrected chi connectivity index (χ3v) is 3.74. The molecule has 6 nitrogen and oxygen atoms in total. The molecule has 1 saturated carbocycles. The van der Waals surface area contributed by atoms with E-state index in [2.05, 4.69) is 16.0 Å². The molecule has 130 valence electrons. The largest absolute Gasteiger partial charge is 0.354 e. The molecule has 0 unspecified atom stereocenters. The predicted molar refractivity (Wildman–Crippen MR) is 92.6 cm³/mol. The SMILES string of the molecule is CC(C)(C)C(=O)Nc1ccc(C(=O)NCCNC(=O)C2CC2)cc1. The van der Waals surface area contributed by atoms with Gasteiger partial charge >= 0.3 is 0 Å². The monoisotopic (exact) mass is 331 g/mol. The Labute approximate surface area is 142 Å². The highest BCUT2D eigenvalue weighted by molar-refractivity contribution is 5.97. The van der Waals surface area contributed by atoms with Gasteiger partial charge in [0.1, 0.15) is 0 Å². The Morgan fingerprint density at radius 2 is 1.58 bits per heavy atom. The summed E-state index contributed by atoms with van der Waals surface area (Å²) in [5.41, 5.74) is 0.696. The molecule has 2 rings (SSSR count). The Kier molecular flexibility index (Phi) is 5.59. The van der Waals surface area contributed by atoms with E-state index >= 15 is 0 Å². The molecule has 3 N–H and O–H groups in total. The molecule has 3 amide bonds. The van der Waals surface area contributed by atoms with E-state index in [0.29, 0.717) is 24.3 Å². The van der Waals surface area contributed by atoms with Crippen LogP contribution in [0, 0.1) is 11.3 Å². The third kappa shape index (κ3) is 5.37. The van der Waals surface area contributed by atoms with Crippen molar-refractivity contribution in [3.63, 3.8) is 0 Å². The number of amides is 3. The van der Waals surface area contributed by atoms with Gasteiger partial charge in [-0.05, 0) is 37.1 Å². The van der Waals surface area contributed by atoms with Crippen LogP contribution in [0.5, 0.6) is 0 Å². The van der Waals surface area contributed by atoms with Crippen molar-refractivity contribution in [2.24, 2.45) is 11.3 Å². The molecular weight excluding hydrogens is 306 g/mol. The summed E-state index contributed by atoms with van der Waals surface area (Å²) in [6.07, 6.45) is 1.94. The lowest BCUT2D eigenvalue weighted by atomic mass is 9.95. The summed E-state index contributed by atoms with van der Waals surface area (Å²) in [5.74, 6) is -0.0322.